The van der Waals surface area contributed by atoms with E-state index in [-0.39, 0.29) is 23.3 Å². The van der Waals surface area contributed by atoms with Gasteiger partial charge in [-0.25, -0.2) is 0 Å². The molecule has 0 radical (unpaired) electrons. The lowest BCUT2D eigenvalue weighted by molar-refractivity contribution is -0.152. The van der Waals surface area contributed by atoms with E-state index in [1.54, 1.807) is 11.8 Å². The lowest BCUT2D eigenvalue weighted by Crippen LogP contribution is -2.66. The molecule has 4 atom stereocenters. The molecular weight excluding hydrogens is 256 g/mol. The molecule has 114 valence electrons. The Morgan fingerprint density at radius 1 is 1.30 bits per heavy atom. The van der Waals surface area contributed by atoms with Gasteiger partial charge in [-0.3, -0.25) is 9.59 Å². The van der Waals surface area contributed by atoms with Gasteiger partial charge in [-0.15, -0.1) is 0 Å². The number of amides is 2. The number of nitrogens with zero attached hydrogens (tertiary/aromatic N) is 1. The van der Waals surface area contributed by atoms with Crippen molar-refractivity contribution in [1.29, 1.82) is 0 Å². The smallest absolute Gasteiger partial charge is 0.246 e. The molecule has 0 saturated carbocycles. The molecule has 2 aliphatic heterocycles. The molecule has 2 rings (SSSR count). The summed E-state index contributed by atoms with van der Waals surface area (Å²) in [6.07, 6.45) is 1.12. The van der Waals surface area contributed by atoms with Crippen molar-refractivity contribution in [3.8, 4) is 0 Å². The molecule has 20 heavy (non-hydrogen) atoms. The van der Waals surface area contributed by atoms with E-state index in [1.807, 2.05) is 27.7 Å². The second kappa shape index (κ2) is 5.35. The third kappa shape index (κ3) is 2.82. The summed E-state index contributed by atoms with van der Waals surface area (Å²) in [7, 11) is 0. The number of rotatable bonds is 2. The Kier molecular flexibility index (Phi) is 4.09. The average molecular weight is 282 g/mol. The van der Waals surface area contributed by atoms with Crippen LogP contribution >= 0.6 is 0 Å². The summed E-state index contributed by atoms with van der Waals surface area (Å²) in [6, 6.07) is -0.835. The normalized spacial score (nSPS) is 35.4. The van der Waals surface area contributed by atoms with Crippen LogP contribution in [0, 0.1) is 11.3 Å². The van der Waals surface area contributed by atoms with Gasteiger partial charge in [0.1, 0.15) is 12.1 Å². The minimum Gasteiger partial charge on any atom is -0.378 e. The van der Waals surface area contributed by atoms with Crippen molar-refractivity contribution in [2.24, 2.45) is 11.3 Å². The molecule has 5 nitrogen and oxygen atoms in total. The van der Waals surface area contributed by atoms with Crippen molar-refractivity contribution in [1.82, 2.24) is 10.2 Å². The van der Waals surface area contributed by atoms with Crippen LogP contribution in [-0.4, -0.2) is 48.1 Å². The number of piperazine rings is 1. The first-order valence-corrected chi connectivity index (χ1v) is 7.44. The summed E-state index contributed by atoms with van der Waals surface area (Å²) in [5.41, 5.74) is -0.275. The molecule has 0 aromatic carbocycles. The Balaban J connectivity index is 2.16. The second-order valence-electron chi connectivity index (χ2n) is 7.10. The summed E-state index contributed by atoms with van der Waals surface area (Å²) in [6.45, 7) is 11.1. The van der Waals surface area contributed by atoms with Crippen LogP contribution in [0.5, 0.6) is 0 Å². The Labute approximate surface area is 121 Å². The highest BCUT2D eigenvalue weighted by molar-refractivity contribution is 5.97. The summed E-state index contributed by atoms with van der Waals surface area (Å²) in [4.78, 5) is 26.6. The molecule has 2 fully saturated rings. The Hall–Kier alpha value is -1.10. The van der Waals surface area contributed by atoms with Crippen molar-refractivity contribution in [3.05, 3.63) is 0 Å². The number of ether oxygens (including phenoxy) is 1. The molecule has 2 aliphatic rings. The van der Waals surface area contributed by atoms with Gasteiger partial charge in [-0.1, -0.05) is 20.8 Å². The molecule has 0 spiro atoms. The zero-order chi connectivity index (χ0) is 15.1. The highest BCUT2D eigenvalue weighted by atomic mass is 16.5. The zero-order valence-electron chi connectivity index (χ0n) is 13.1. The summed E-state index contributed by atoms with van der Waals surface area (Å²) in [5, 5.41) is 2.86. The van der Waals surface area contributed by atoms with Crippen LogP contribution in [-0.2, 0) is 14.3 Å². The van der Waals surface area contributed by atoms with Crippen LogP contribution in [0.25, 0.3) is 0 Å². The van der Waals surface area contributed by atoms with Crippen molar-refractivity contribution in [2.45, 2.75) is 59.2 Å². The predicted octanol–water partition coefficient (Wildman–Crippen LogP) is 1.17. The number of carbonyl (C=O) groups is 2. The van der Waals surface area contributed by atoms with Gasteiger partial charge in [0.05, 0.1) is 6.10 Å². The number of hydrogen-bond donors (Lipinski definition) is 1. The standard InChI is InChI=1S/C15H26N2O3/c1-9-13(18)16-12(15(3,4)5)14(19)17(9)8-11-6-7-20-10(11)2/h9-12H,6-8H2,1-5H3,(H,16,18). The fraction of sp³-hybridized carbons (Fsp3) is 0.867. The van der Waals surface area contributed by atoms with E-state index in [9.17, 15) is 9.59 Å². The van der Waals surface area contributed by atoms with Crippen LogP contribution in [0.3, 0.4) is 0 Å². The van der Waals surface area contributed by atoms with Gasteiger partial charge >= 0.3 is 0 Å². The van der Waals surface area contributed by atoms with Gasteiger partial charge in [0, 0.05) is 19.1 Å². The van der Waals surface area contributed by atoms with E-state index in [0.717, 1.165) is 13.0 Å². The number of nitrogens with one attached hydrogen (secondary N) is 1. The average Bonchev–Trinajstić information content (AvgIpc) is 2.73. The lowest BCUT2D eigenvalue weighted by atomic mass is 9.83. The first kappa shape index (κ1) is 15.3. The van der Waals surface area contributed by atoms with Crippen LogP contribution < -0.4 is 5.32 Å². The van der Waals surface area contributed by atoms with E-state index in [4.69, 9.17) is 4.74 Å². The fourth-order valence-corrected chi connectivity index (χ4v) is 2.93. The molecule has 5 heteroatoms. The first-order chi connectivity index (χ1) is 9.21. The molecule has 2 heterocycles. The maximum absolute atomic E-state index is 12.7. The maximum Gasteiger partial charge on any atom is 0.246 e. The minimum absolute atomic E-state index is 0.0312. The molecule has 0 aromatic rings. The molecule has 2 amide bonds. The van der Waals surface area contributed by atoms with E-state index < -0.39 is 12.1 Å². The second-order valence-corrected chi connectivity index (χ2v) is 7.10. The topological polar surface area (TPSA) is 58.6 Å². The van der Waals surface area contributed by atoms with E-state index in [0.29, 0.717) is 12.5 Å². The minimum atomic E-state index is -0.441. The fourth-order valence-electron chi connectivity index (χ4n) is 2.93. The SMILES string of the molecule is CC1OCCC1CN1C(=O)C(C(C)(C)C)NC(=O)C1C. The van der Waals surface area contributed by atoms with Gasteiger partial charge in [-0.2, -0.15) is 0 Å². The Bertz CT molecular complexity index is 402. The van der Waals surface area contributed by atoms with Crippen molar-refractivity contribution in [2.75, 3.05) is 13.2 Å². The summed E-state index contributed by atoms with van der Waals surface area (Å²) in [5.74, 6) is 0.299. The molecular formula is C15H26N2O3. The van der Waals surface area contributed by atoms with Gasteiger partial charge in [0.25, 0.3) is 0 Å². The van der Waals surface area contributed by atoms with Crippen molar-refractivity contribution in [3.63, 3.8) is 0 Å². The number of hydrogen-bond acceptors (Lipinski definition) is 3. The molecule has 2 saturated heterocycles. The monoisotopic (exact) mass is 282 g/mol. The molecule has 4 unspecified atom stereocenters. The van der Waals surface area contributed by atoms with Gasteiger partial charge in [0.2, 0.25) is 11.8 Å². The maximum atomic E-state index is 12.7. The van der Waals surface area contributed by atoms with Crippen molar-refractivity contribution >= 4 is 11.8 Å². The number of carbonyl (C=O) groups excluding carboxylic acids is 2. The van der Waals surface area contributed by atoms with Crippen LogP contribution in [0.15, 0.2) is 0 Å². The van der Waals surface area contributed by atoms with Gasteiger partial charge < -0.3 is 15.0 Å². The molecule has 0 bridgehead atoms. The highest BCUT2D eigenvalue weighted by Gasteiger charge is 2.44. The quantitative estimate of drug-likeness (QED) is 0.827. The van der Waals surface area contributed by atoms with Gasteiger partial charge in [0.15, 0.2) is 0 Å². The van der Waals surface area contributed by atoms with Crippen molar-refractivity contribution < 1.29 is 14.3 Å². The van der Waals surface area contributed by atoms with Crippen LogP contribution in [0.1, 0.15) is 41.0 Å². The van der Waals surface area contributed by atoms with Gasteiger partial charge in [-0.05, 0) is 25.7 Å². The summed E-state index contributed by atoms with van der Waals surface area (Å²) >= 11 is 0. The van der Waals surface area contributed by atoms with Crippen LogP contribution in [0.4, 0.5) is 0 Å². The first-order valence-electron chi connectivity index (χ1n) is 7.44. The van der Waals surface area contributed by atoms with E-state index in [2.05, 4.69) is 5.32 Å². The third-order valence-corrected chi connectivity index (χ3v) is 4.49. The zero-order valence-corrected chi connectivity index (χ0v) is 13.1. The van der Waals surface area contributed by atoms with E-state index >= 15 is 0 Å². The van der Waals surface area contributed by atoms with E-state index in [1.165, 1.54) is 0 Å². The molecule has 1 N–H and O–H groups in total. The predicted molar refractivity (Wildman–Crippen MR) is 76.1 cm³/mol. The largest absolute Gasteiger partial charge is 0.378 e. The molecule has 0 aromatic heterocycles. The highest BCUT2D eigenvalue weighted by Crippen LogP contribution is 2.28. The third-order valence-electron chi connectivity index (χ3n) is 4.49. The van der Waals surface area contributed by atoms with Crippen LogP contribution in [0.2, 0.25) is 0 Å². The Morgan fingerprint density at radius 2 is 1.95 bits per heavy atom. The summed E-state index contributed by atoms with van der Waals surface area (Å²) < 4.78 is 5.56. The molecule has 0 aliphatic carbocycles. The lowest BCUT2D eigenvalue weighted by Gasteiger charge is -2.43. The Morgan fingerprint density at radius 3 is 2.45 bits per heavy atom.